The Balaban J connectivity index is 1.50. The number of hydrogen-bond acceptors (Lipinski definition) is 6. The highest BCUT2D eigenvalue weighted by Crippen LogP contribution is 2.38. The van der Waals surface area contributed by atoms with Crippen LogP contribution in [0.2, 0.25) is 0 Å². The van der Waals surface area contributed by atoms with Gasteiger partial charge in [0, 0.05) is 28.3 Å². The molecule has 6 rings (SSSR count). The molecule has 8 heteroatoms. The molecule has 7 nitrogen and oxygen atoms in total. The molecule has 3 N–H and O–H groups in total. The molecule has 34 heavy (non-hydrogen) atoms. The van der Waals surface area contributed by atoms with E-state index in [9.17, 15) is 0 Å². The van der Waals surface area contributed by atoms with Gasteiger partial charge in [-0.2, -0.15) is 0 Å². The zero-order valence-corrected chi connectivity index (χ0v) is 20.0. The molecule has 3 aromatic heterocycles. The van der Waals surface area contributed by atoms with Gasteiger partial charge in [-0.3, -0.25) is 0 Å². The SMILES string of the molecule is CNCSc1ncc(-c2ccc3c4ccc(-c5cnc(C(C)C)[nH]5)cc4c4cnoc4c3c2)[nH]1. The Hall–Kier alpha value is -3.62. The Morgan fingerprint density at radius 1 is 0.853 bits per heavy atom. The molecule has 0 unspecified atom stereocenters. The van der Waals surface area contributed by atoms with E-state index < -0.39 is 0 Å². The van der Waals surface area contributed by atoms with E-state index in [-0.39, 0.29) is 0 Å². The van der Waals surface area contributed by atoms with E-state index >= 15 is 0 Å². The minimum absolute atomic E-state index is 0.352. The lowest BCUT2D eigenvalue weighted by molar-refractivity contribution is 0.458. The van der Waals surface area contributed by atoms with E-state index in [1.54, 1.807) is 11.8 Å². The summed E-state index contributed by atoms with van der Waals surface area (Å²) in [5.41, 5.74) is 4.93. The van der Waals surface area contributed by atoms with Crippen LogP contribution in [0.5, 0.6) is 0 Å². The third kappa shape index (κ3) is 3.46. The molecule has 0 saturated heterocycles. The predicted molar refractivity (Wildman–Crippen MR) is 138 cm³/mol. The molecule has 3 aromatic carbocycles. The number of nitrogens with zero attached hydrogens (tertiary/aromatic N) is 3. The smallest absolute Gasteiger partial charge is 0.175 e. The summed E-state index contributed by atoms with van der Waals surface area (Å²) in [4.78, 5) is 15.9. The van der Waals surface area contributed by atoms with Crippen LogP contribution in [-0.2, 0) is 0 Å². The van der Waals surface area contributed by atoms with Gasteiger partial charge in [-0.05, 0) is 35.3 Å². The fourth-order valence-corrected chi connectivity index (χ4v) is 4.96. The Bertz CT molecular complexity index is 1640. The summed E-state index contributed by atoms with van der Waals surface area (Å²) >= 11 is 1.63. The van der Waals surface area contributed by atoms with Gasteiger partial charge in [0.2, 0.25) is 0 Å². The number of benzene rings is 3. The number of thioether (sulfide) groups is 1. The lowest BCUT2D eigenvalue weighted by Crippen LogP contribution is -2.03. The first-order valence-corrected chi connectivity index (χ1v) is 12.2. The molecule has 0 saturated carbocycles. The normalized spacial score (nSPS) is 12.0. The zero-order valence-electron chi connectivity index (χ0n) is 19.1. The number of fused-ring (bicyclic) bond motifs is 6. The van der Waals surface area contributed by atoms with Gasteiger partial charge in [-0.25, -0.2) is 9.97 Å². The van der Waals surface area contributed by atoms with Crippen molar-refractivity contribution >= 4 is 44.3 Å². The summed E-state index contributed by atoms with van der Waals surface area (Å²) in [7, 11) is 1.92. The van der Waals surface area contributed by atoms with E-state index in [1.165, 1.54) is 5.39 Å². The highest BCUT2D eigenvalue weighted by atomic mass is 32.2. The molecule has 0 amide bonds. The monoisotopic (exact) mass is 468 g/mol. The van der Waals surface area contributed by atoms with Crippen molar-refractivity contribution in [1.29, 1.82) is 0 Å². The number of hydrogen-bond donors (Lipinski definition) is 3. The topological polar surface area (TPSA) is 95.4 Å². The number of imidazole rings is 2. The Kier molecular flexibility index (Phi) is 5.12. The van der Waals surface area contributed by atoms with Gasteiger partial charge >= 0.3 is 0 Å². The van der Waals surface area contributed by atoms with Crippen LogP contribution in [0.3, 0.4) is 0 Å². The summed E-state index contributed by atoms with van der Waals surface area (Å²) in [6, 6.07) is 13.0. The maximum atomic E-state index is 5.76. The Morgan fingerprint density at radius 3 is 2.29 bits per heavy atom. The maximum Gasteiger partial charge on any atom is 0.175 e. The lowest BCUT2D eigenvalue weighted by Gasteiger charge is -2.09. The Morgan fingerprint density at radius 2 is 1.56 bits per heavy atom. The van der Waals surface area contributed by atoms with E-state index in [1.807, 2.05) is 25.6 Å². The molecule has 0 aliphatic rings. The highest BCUT2D eigenvalue weighted by Gasteiger charge is 2.15. The molecule has 170 valence electrons. The molecule has 0 spiro atoms. The largest absolute Gasteiger partial charge is 0.356 e. The van der Waals surface area contributed by atoms with Gasteiger partial charge in [0.25, 0.3) is 0 Å². The average Bonchev–Trinajstić information content (AvgIpc) is 3.63. The van der Waals surface area contributed by atoms with Crippen LogP contribution in [-0.4, -0.2) is 38.0 Å². The van der Waals surface area contributed by atoms with Crippen molar-refractivity contribution in [1.82, 2.24) is 30.4 Å². The van der Waals surface area contributed by atoms with Gasteiger partial charge in [0.1, 0.15) is 5.82 Å². The van der Waals surface area contributed by atoms with Crippen LogP contribution < -0.4 is 5.32 Å². The van der Waals surface area contributed by atoms with Crippen molar-refractivity contribution in [2.75, 3.05) is 12.9 Å². The van der Waals surface area contributed by atoms with Gasteiger partial charge in [-0.1, -0.05) is 55.0 Å². The summed E-state index contributed by atoms with van der Waals surface area (Å²) in [5, 5.41) is 13.6. The van der Waals surface area contributed by atoms with E-state index in [0.717, 1.165) is 66.5 Å². The van der Waals surface area contributed by atoms with Gasteiger partial charge in [0.15, 0.2) is 10.7 Å². The van der Waals surface area contributed by atoms with Crippen molar-refractivity contribution < 1.29 is 4.52 Å². The molecule has 0 aliphatic carbocycles. The van der Waals surface area contributed by atoms with Crippen LogP contribution in [0, 0.1) is 0 Å². The first-order valence-electron chi connectivity index (χ1n) is 11.2. The molecule has 3 heterocycles. The lowest BCUT2D eigenvalue weighted by atomic mass is 9.95. The quantitative estimate of drug-likeness (QED) is 0.151. The van der Waals surface area contributed by atoms with E-state index in [0.29, 0.717) is 5.92 Å². The molecule has 0 atom stereocenters. The van der Waals surface area contributed by atoms with Crippen LogP contribution in [0.25, 0.3) is 55.0 Å². The minimum Gasteiger partial charge on any atom is -0.356 e. The maximum absolute atomic E-state index is 5.76. The summed E-state index contributed by atoms with van der Waals surface area (Å²) in [6.45, 7) is 4.27. The van der Waals surface area contributed by atoms with Gasteiger partial charge < -0.3 is 19.8 Å². The summed E-state index contributed by atoms with van der Waals surface area (Å²) in [5.74, 6) is 2.14. The first kappa shape index (κ1) is 20.9. The van der Waals surface area contributed by atoms with Gasteiger partial charge in [-0.15, -0.1) is 0 Å². The summed E-state index contributed by atoms with van der Waals surface area (Å²) in [6.07, 6.45) is 5.59. The second-order valence-corrected chi connectivity index (χ2v) is 9.63. The van der Waals surface area contributed by atoms with Crippen molar-refractivity contribution in [2.24, 2.45) is 0 Å². The standard InChI is InChI=1S/C26H24N6OS/c1-14(2)25-28-11-22(31-25)15-4-6-17-18-7-5-16(23-12-29-26(32-23)34-13-27-3)9-20(18)24-21(10-30-33-24)19(17)8-15/h4-12,14,27H,13H2,1-3H3,(H,28,31)(H,29,32). The average molecular weight is 469 g/mol. The van der Waals surface area contributed by atoms with Gasteiger partial charge in [0.05, 0.1) is 35.4 Å². The second kappa shape index (κ2) is 8.30. The van der Waals surface area contributed by atoms with Crippen LogP contribution in [0.4, 0.5) is 0 Å². The zero-order chi connectivity index (χ0) is 23.2. The molecule has 6 aromatic rings. The highest BCUT2D eigenvalue weighted by molar-refractivity contribution is 7.99. The number of aromatic nitrogens is 5. The van der Waals surface area contributed by atoms with Crippen LogP contribution in [0.15, 0.2) is 64.7 Å². The third-order valence-electron chi connectivity index (χ3n) is 6.10. The Labute approximate surface area is 200 Å². The van der Waals surface area contributed by atoms with Crippen LogP contribution in [0.1, 0.15) is 25.6 Å². The minimum atomic E-state index is 0.352. The van der Waals surface area contributed by atoms with E-state index in [2.05, 4.69) is 80.7 Å². The van der Waals surface area contributed by atoms with Crippen molar-refractivity contribution in [3.63, 3.8) is 0 Å². The number of rotatable bonds is 6. The van der Waals surface area contributed by atoms with Crippen LogP contribution >= 0.6 is 11.8 Å². The summed E-state index contributed by atoms with van der Waals surface area (Å²) < 4.78 is 5.76. The molecule has 0 bridgehead atoms. The fraction of sp³-hybridized carbons (Fsp3) is 0.192. The number of aromatic amines is 2. The van der Waals surface area contributed by atoms with Crippen molar-refractivity contribution in [3.05, 3.63) is 60.8 Å². The van der Waals surface area contributed by atoms with E-state index in [4.69, 9.17) is 4.52 Å². The second-order valence-electron chi connectivity index (χ2n) is 8.67. The van der Waals surface area contributed by atoms with Crippen molar-refractivity contribution in [3.8, 4) is 22.5 Å². The fourth-order valence-electron chi connectivity index (χ4n) is 4.37. The van der Waals surface area contributed by atoms with Crippen molar-refractivity contribution in [2.45, 2.75) is 24.9 Å². The number of H-pyrrole nitrogens is 2. The predicted octanol–water partition coefficient (Wildman–Crippen LogP) is 6.31. The molecule has 0 aliphatic heterocycles. The molecule has 0 fully saturated rings. The number of nitrogens with one attached hydrogen (secondary N) is 3. The third-order valence-corrected chi connectivity index (χ3v) is 7.02. The first-order chi connectivity index (χ1) is 16.6. The molecule has 0 radical (unpaired) electrons. The molecular formula is C26H24N6OS. The molecular weight excluding hydrogens is 444 g/mol.